The summed E-state index contributed by atoms with van der Waals surface area (Å²) in [6.45, 7) is 5.34. The minimum atomic E-state index is -0.663. The van der Waals surface area contributed by atoms with Gasteiger partial charge >= 0.3 is 0 Å². The number of hydrogen-bond donors (Lipinski definition) is 0. The van der Waals surface area contributed by atoms with E-state index in [4.69, 9.17) is 9.15 Å². The molecule has 1 aliphatic heterocycles. The van der Waals surface area contributed by atoms with Crippen molar-refractivity contribution in [2.24, 2.45) is 0 Å². The van der Waals surface area contributed by atoms with Crippen LogP contribution in [-0.4, -0.2) is 39.8 Å². The second-order valence-corrected chi connectivity index (χ2v) is 5.78. The highest BCUT2D eigenvalue weighted by Crippen LogP contribution is 2.27. The van der Waals surface area contributed by atoms with E-state index < -0.39 is 11.6 Å². The third-order valence-electron chi connectivity index (χ3n) is 3.79. The molecule has 23 heavy (non-hydrogen) atoms. The number of nitrogens with zero attached hydrogens (tertiary/aromatic N) is 4. The Kier molecular flexibility index (Phi) is 4.63. The maximum atomic E-state index is 13.8. The molecule has 8 heteroatoms. The second kappa shape index (κ2) is 6.67. The molecule has 2 aromatic heterocycles. The summed E-state index contributed by atoms with van der Waals surface area (Å²) in [6.07, 6.45) is 2.02. The van der Waals surface area contributed by atoms with Crippen LogP contribution >= 0.6 is 0 Å². The van der Waals surface area contributed by atoms with Crippen molar-refractivity contribution >= 4 is 0 Å². The lowest BCUT2D eigenvalue weighted by molar-refractivity contribution is -0.0236. The van der Waals surface area contributed by atoms with E-state index in [9.17, 15) is 8.78 Å². The Bertz CT molecular complexity index is 657. The quantitative estimate of drug-likeness (QED) is 0.861. The van der Waals surface area contributed by atoms with E-state index in [2.05, 4.69) is 15.2 Å². The first-order valence-corrected chi connectivity index (χ1v) is 7.49. The third kappa shape index (κ3) is 3.37. The van der Waals surface area contributed by atoms with Crippen LogP contribution in [0.25, 0.3) is 0 Å². The largest absolute Gasteiger partial charge is 0.423 e. The van der Waals surface area contributed by atoms with Gasteiger partial charge in [-0.25, -0.2) is 8.78 Å². The fraction of sp³-hybridized carbons (Fsp3) is 0.533. The van der Waals surface area contributed by atoms with Crippen molar-refractivity contribution in [1.82, 2.24) is 20.1 Å². The summed E-state index contributed by atoms with van der Waals surface area (Å²) in [4.78, 5) is 5.38. The summed E-state index contributed by atoms with van der Waals surface area (Å²) in [5.41, 5.74) is -0.0181. The van der Waals surface area contributed by atoms with Crippen LogP contribution in [0.4, 0.5) is 8.78 Å². The van der Waals surface area contributed by atoms with Gasteiger partial charge in [0.1, 0.15) is 17.7 Å². The molecule has 1 saturated heterocycles. The summed E-state index contributed by atoms with van der Waals surface area (Å²) in [5.74, 6) is -0.272. The van der Waals surface area contributed by atoms with Crippen LogP contribution in [0.1, 0.15) is 43.2 Å². The summed E-state index contributed by atoms with van der Waals surface area (Å²) in [6, 6.07) is -0.323. The van der Waals surface area contributed by atoms with Gasteiger partial charge in [-0.15, -0.1) is 10.2 Å². The van der Waals surface area contributed by atoms with Crippen LogP contribution in [0.5, 0.6) is 0 Å². The molecular weight excluding hydrogens is 306 g/mol. The Morgan fingerprint density at radius 1 is 1.26 bits per heavy atom. The highest BCUT2D eigenvalue weighted by Gasteiger charge is 2.31. The lowest BCUT2D eigenvalue weighted by Crippen LogP contribution is -2.39. The number of rotatable bonds is 4. The predicted molar refractivity (Wildman–Crippen MR) is 76.5 cm³/mol. The van der Waals surface area contributed by atoms with E-state index in [1.807, 2.05) is 18.7 Å². The van der Waals surface area contributed by atoms with Crippen molar-refractivity contribution in [2.45, 2.75) is 32.4 Å². The standard InChI is InChI=1S/C15H18F2N4O2/c1-9(2)14-19-20-15(23-14)13-8-22-4-3-21(13)7-10-11(16)5-18-6-12(10)17/h5-6,9,13H,3-4,7-8H2,1-2H3. The van der Waals surface area contributed by atoms with Crippen LogP contribution in [0, 0.1) is 11.6 Å². The first-order valence-electron chi connectivity index (χ1n) is 7.49. The molecule has 3 heterocycles. The molecule has 0 aromatic carbocycles. The van der Waals surface area contributed by atoms with Crippen molar-refractivity contribution in [2.75, 3.05) is 19.8 Å². The molecule has 0 saturated carbocycles. The molecule has 0 bridgehead atoms. The summed E-state index contributed by atoms with van der Waals surface area (Å²) in [7, 11) is 0. The van der Waals surface area contributed by atoms with Gasteiger partial charge in [-0.2, -0.15) is 0 Å². The van der Waals surface area contributed by atoms with Gasteiger partial charge in [-0.1, -0.05) is 13.8 Å². The Hall–Kier alpha value is -1.93. The zero-order chi connectivity index (χ0) is 16.4. The normalized spacial score (nSPS) is 19.4. The number of hydrogen-bond acceptors (Lipinski definition) is 6. The van der Waals surface area contributed by atoms with Crippen LogP contribution < -0.4 is 0 Å². The molecule has 1 fully saturated rings. The molecule has 3 rings (SSSR count). The fourth-order valence-electron chi connectivity index (χ4n) is 2.46. The van der Waals surface area contributed by atoms with Crippen LogP contribution in [0.15, 0.2) is 16.8 Å². The smallest absolute Gasteiger partial charge is 0.236 e. The number of pyridine rings is 1. The van der Waals surface area contributed by atoms with Crippen molar-refractivity contribution in [3.05, 3.63) is 41.4 Å². The molecule has 0 N–H and O–H groups in total. The van der Waals surface area contributed by atoms with E-state index in [1.165, 1.54) is 0 Å². The molecule has 1 unspecified atom stereocenters. The minimum Gasteiger partial charge on any atom is -0.423 e. The molecule has 0 aliphatic carbocycles. The summed E-state index contributed by atoms with van der Waals surface area (Å²) in [5, 5.41) is 8.07. The molecule has 1 atom stereocenters. The van der Waals surface area contributed by atoms with Crippen LogP contribution in [-0.2, 0) is 11.3 Å². The van der Waals surface area contributed by atoms with Crippen molar-refractivity contribution in [1.29, 1.82) is 0 Å². The minimum absolute atomic E-state index is 0.0181. The van der Waals surface area contributed by atoms with Gasteiger partial charge < -0.3 is 9.15 Å². The van der Waals surface area contributed by atoms with E-state index >= 15 is 0 Å². The molecule has 6 nitrogen and oxygen atoms in total. The molecular formula is C15H18F2N4O2. The van der Waals surface area contributed by atoms with Crippen molar-refractivity contribution in [3.8, 4) is 0 Å². The molecule has 0 radical (unpaired) electrons. The van der Waals surface area contributed by atoms with E-state index in [0.717, 1.165) is 12.4 Å². The van der Waals surface area contributed by atoms with E-state index in [0.29, 0.717) is 31.5 Å². The lowest BCUT2D eigenvalue weighted by Gasteiger charge is -2.33. The van der Waals surface area contributed by atoms with Gasteiger partial charge in [0.25, 0.3) is 0 Å². The van der Waals surface area contributed by atoms with Gasteiger partial charge in [0.15, 0.2) is 0 Å². The maximum Gasteiger partial charge on any atom is 0.236 e. The fourth-order valence-corrected chi connectivity index (χ4v) is 2.46. The highest BCUT2D eigenvalue weighted by atomic mass is 19.1. The van der Waals surface area contributed by atoms with Crippen molar-refractivity contribution in [3.63, 3.8) is 0 Å². The molecule has 0 spiro atoms. The Labute approximate surface area is 132 Å². The predicted octanol–water partition coefficient (Wildman–Crippen LogP) is 2.44. The van der Waals surface area contributed by atoms with Gasteiger partial charge in [0, 0.05) is 24.6 Å². The number of morpholine rings is 1. The van der Waals surface area contributed by atoms with Crippen molar-refractivity contribution < 1.29 is 17.9 Å². The van der Waals surface area contributed by atoms with E-state index in [-0.39, 0.29) is 24.1 Å². The number of ether oxygens (including phenoxy) is 1. The molecule has 2 aromatic rings. The third-order valence-corrected chi connectivity index (χ3v) is 3.79. The average molecular weight is 324 g/mol. The first kappa shape index (κ1) is 15.9. The number of aromatic nitrogens is 3. The summed E-state index contributed by atoms with van der Waals surface area (Å²) >= 11 is 0. The number of halogens is 2. The van der Waals surface area contributed by atoms with Gasteiger partial charge in [0.05, 0.1) is 25.6 Å². The van der Waals surface area contributed by atoms with Crippen LogP contribution in [0.2, 0.25) is 0 Å². The zero-order valence-corrected chi connectivity index (χ0v) is 13.0. The Morgan fingerprint density at radius 2 is 2.00 bits per heavy atom. The van der Waals surface area contributed by atoms with Crippen LogP contribution in [0.3, 0.4) is 0 Å². The molecule has 1 aliphatic rings. The monoisotopic (exact) mass is 324 g/mol. The average Bonchev–Trinajstić information content (AvgIpc) is 3.01. The maximum absolute atomic E-state index is 13.8. The molecule has 124 valence electrons. The topological polar surface area (TPSA) is 64.3 Å². The lowest BCUT2D eigenvalue weighted by atomic mass is 10.1. The highest BCUT2D eigenvalue weighted by molar-refractivity contribution is 5.15. The SMILES string of the molecule is CC(C)c1nnc(C2COCCN2Cc2c(F)cncc2F)o1. The van der Waals surface area contributed by atoms with Gasteiger partial charge in [-0.3, -0.25) is 9.88 Å². The van der Waals surface area contributed by atoms with Gasteiger partial charge in [0.2, 0.25) is 11.8 Å². The summed E-state index contributed by atoms with van der Waals surface area (Å²) < 4.78 is 38.8. The second-order valence-electron chi connectivity index (χ2n) is 5.78. The molecule has 0 amide bonds. The first-order chi connectivity index (χ1) is 11.1. The van der Waals surface area contributed by atoms with E-state index in [1.54, 1.807) is 0 Å². The Morgan fingerprint density at radius 3 is 2.65 bits per heavy atom. The van der Waals surface area contributed by atoms with Gasteiger partial charge in [-0.05, 0) is 0 Å². The Balaban J connectivity index is 1.84. The zero-order valence-electron chi connectivity index (χ0n) is 13.0.